The molecule has 3 aliphatic rings. The van der Waals surface area contributed by atoms with Gasteiger partial charge < -0.3 is 20.3 Å². The van der Waals surface area contributed by atoms with Crippen molar-refractivity contribution in [3.63, 3.8) is 0 Å². The molecule has 2 N–H and O–H groups in total. The summed E-state index contributed by atoms with van der Waals surface area (Å²) in [5.74, 6) is -1.43. The van der Waals surface area contributed by atoms with E-state index in [9.17, 15) is 24.0 Å². The first-order chi connectivity index (χ1) is 19.1. The number of fused-ring (bicyclic) bond motifs is 2. The Labute approximate surface area is 242 Å². The van der Waals surface area contributed by atoms with Gasteiger partial charge in [0.15, 0.2) is 0 Å². The molecule has 0 spiro atoms. The van der Waals surface area contributed by atoms with Crippen LogP contribution in [0.1, 0.15) is 90.8 Å². The minimum Gasteiger partial charge on any atom is -0.444 e. The largest absolute Gasteiger partial charge is 0.444 e. The van der Waals surface area contributed by atoms with Crippen molar-refractivity contribution in [1.29, 1.82) is 0 Å². The average molecular weight is 569 g/mol. The summed E-state index contributed by atoms with van der Waals surface area (Å²) in [6.45, 7) is 10.6. The molecule has 10 nitrogen and oxygen atoms in total. The molecule has 2 fully saturated rings. The number of ketones is 1. The maximum absolute atomic E-state index is 14.0. The predicted octanol–water partition coefficient (Wildman–Crippen LogP) is 3.28. The van der Waals surface area contributed by atoms with Gasteiger partial charge in [-0.05, 0) is 69.9 Å². The second-order valence-electron chi connectivity index (χ2n) is 13.4. The summed E-state index contributed by atoms with van der Waals surface area (Å²) in [6.07, 6.45) is 2.53. The van der Waals surface area contributed by atoms with Crippen LogP contribution >= 0.6 is 0 Å². The Morgan fingerprint density at radius 1 is 1.07 bits per heavy atom. The molecule has 2 saturated heterocycles. The van der Waals surface area contributed by atoms with Crippen LogP contribution in [-0.4, -0.2) is 76.2 Å². The first kappa shape index (κ1) is 30.5. The zero-order chi connectivity index (χ0) is 30.3. The standard InChI is InChI=1S/C31H44N4O6/c1-18(34(7)29(40)41-30(2,3)4)26(37)33-24-16-21(36)15-20-17-31(5,6)25(35(20)28(24)39)27(38)32-23-14-10-12-19-11-8-9-13-22(19)23/h8-9,11,13,18,20,23-25H,10,12,14-17H2,1-7H3,(H,32,38)(H,33,37)/t18-,20-,23+,24-,25?/m0/s1. The summed E-state index contributed by atoms with van der Waals surface area (Å²) < 4.78 is 5.36. The smallest absolute Gasteiger partial charge is 0.410 e. The molecule has 41 heavy (non-hydrogen) atoms. The highest BCUT2D eigenvalue weighted by atomic mass is 16.6. The van der Waals surface area contributed by atoms with Crippen molar-refractivity contribution < 1.29 is 28.7 Å². The van der Waals surface area contributed by atoms with Crippen molar-refractivity contribution in [2.45, 2.75) is 116 Å². The normalized spacial score (nSPS) is 26.3. The average Bonchev–Trinajstić information content (AvgIpc) is 3.09. The van der Waals surface area contributed by atoms with E-state index in [-0.39, 0.29) is 30.6 Å². The molecule has 0 aromatic heterocycles. The number of carbonyl (C=O) groups excluding carboxylic acids is 5. The van der Waals surface area contributed by atoms with Crippen molar-refractivity contribution in [2.24, 2.45) is 5.41 Å². The van der Waals surface area contributed by atoms with Gasteiger partial charge in [0.05, 0.1) is 6.04 Å². The van der Waals surface area contributed by atoms with Crippen LogP contribution < -0.4 is 10.6 Å². The zero-order valence-electron chi connectivity index (χ0n) is 25.3. The zero-order valence-corrected chi connectivity index (χ0v) is 25.3. The molecule has 0 bridgehead atoms. The number of aryl methyl sites for hydroxylation is 1. The number of ether oxygens (including phenoxy) is 1. The third-order valence-corrected chi connectivity index (χ3v) is 8.51. The third-order valence-electron chi connectivity index (χ3n) is 8.51. The summed E-state index contributed by atoms with van der Waals surface area (Å²) in [5.41, 5.74) is 1.01. The van der Waals surface area contributed by atoms with Crippen LogP contribution in [0.25, 0.3) is 0 Å². The number of hydrogen-bond donors (Lipinski definition) is 2. The van der Waals surface area contributed by atoms with Crippen LogP contribution in [0.3, 0.4) is 0 Å². The summed E-state index contributed by atoms with van der Waals surface area (Å²) in [6, 6.07) is 4.65. The first-order valence-electron chi connectivity index (χ1n) is 14.6. The molecule has 4 rings (SSSR count). The highest BCUT2D eigenvalue weighted by Gasteiger charge is 2.55. The Balaban J connectivity index is 1.53. The van der Waals surface area contributed by atoms with Gasteiger partial charge in [-0.1, -0.05) is 38.1 Å². The number of hydrogen-bond acceptors (Lipinski definition) is 6. The number of likely N-dealkylation sites (N-methyl/N-ethyl adjacent to an activating group) is 1. The number of rotatable bonds is 5. The van der Waals surface area contributed by atoms with E-state index < -0.39 is 53.1 Å². The van der Waals surface area contributed by atoms with Crippen molar-refractivity contribution >= 4 is 29.6 Å². The summed E-state index contributed by atoms with van der Waals surface area (Å²) in [5, 5.41) is 5.91. The molecule has 1 aromatic rings. The molecule has 0 radical (unpaired) electrons. The summed E-state index contributed by atoms with van der Waals surface area (Å²) in [4.78, 5) is 69.2. The number of nitrogens with zero attached hydrogens (tertiary/aromatic N) is 2. The first-order valence-corrected chi connectivity index (χ1v) is 14.6. The van der Waals surface area contributed by atoms with Crippen molar-refractivity contribution in [3.8, 4) is 0 Å². The predicted molar refractivity (Wildman–Crippen MR) is 153 cm³/mol. The molecule has 10 heteroatoms. The number of benzene rings is 1. The summed E-state index contributed by atoms with van der Waals surface area (Å²) >= 11 is 0. The Kier molecular flexibility index (Phi) is 8.52. The minimum absolute atomic E-state index is 0.130. The maximum Gasteiger partial charge on any atom is 0.410 e. The molecule has 1 unspecified atom stereocenters. The van der Waals surface area contributed by atoms with Gasteiger partial charge in [-0.15, -0.1) is 0 Å². The number of Topliss-reactive ketones (excluding diaryl/α,β-unsaturated/α-hetero) is 1. The van der Waals surface area contributed by atoms with Crippen LogP contribution in [0.15, 0.2) is 24.3 Å². The van der Waals surface area contributed by atoms with Crippen LogP contribution in [0, 0.1) is 5.41 Å². The maximum atomic E-state index is 14.0. The monoisotopic (exact) mass is 568 g/mol. The Hall–Kier alpha value is -3.43. The van der Waals surface area contributed by atoms with Crippen molar-refractivity contribution in [2.75, 3.05) is 7.05 Å². The van der Waals surface area contributed by atoms with E-state index in [1.54, 1.807) is 25.7 Å². The fourth-order valence-corrected chi connectivity index (χ4v) is 6.43. The highest BCUT2D eigenvalue weighted by Crippen LogP contribution is 2.44. The molecule has 2 aliphatic heterocycles. The lowest BCUT2D eigenvalue weighted by Crippen LogP contribution is -2.58. The second-order valence-corrected chi connectivity index (χ2v) is 13.4. The fraction of sp³-hybridized carbons (Fsp3) is 0.645. The Morgan fingerprint density at radius 2 is 1.76 bits per heavy atom. The van der Waals surface area contributed by atoms with E-state index in [1.807, 2.05) is 32.0 Å². The molecule has 224 valence electrons. The summed E-state index contributed by atoms with van der Waals surface area (Å²) in [7, 11) is 1.45. The van der Waals surface area contributed by atoms with Gasteiger partial charge in [0.25, 0.3) is 0 Å². The van der Waals surface area contributed by atoms with Gasteiger partial charge in [0, 0.05) is 25.9 Å². The molecule has 5 atom stereocenters. The van der Waals surface area contributed by atoms with Gasteiger partial charge in [-0.3, -0.25) is 24.1 Å². The lowest BCUT2D eigenvalue weighted by Gasteiger charge is -2.36. The van der Waals surface area contributed by atoms with Gasteiger partial charge in [0.1, 0.15) is 29.5 Å². The van der Waals surface area contributed by atoms with Gasteiger partial charge in [-0.2, -0.15) is 0 Å². The van der Waals surface area contributed by atoms with Gasteiger partial charge in [0.2, 0.25) is 17.7 Å². The topological polar surface area (TPSA) is 125 Å². The molecular formula is C31H44N4O6. The SMILES string of the molecule is C[C@@H](C(=O)N[C@H]1CC(=O)C[C@H]2CC(C)(C)C(C(=O)N[C@@H]3CCCc4ccccc43)N2C1=O)N(C)C(=O)OC(C)(C)C. The molecule has 1 aromatic carbocycles. The molecule has 4 amide bonds. The molecule has 0 saturated carbocycles. The van der Waals surface area contributed by atoms with E-state index in [1.165, 1.54) is 19.5 Å². The van der Waals surface area contributed by atoms with Crippen molar-refractivity contribution in [1.82, 2.24) is 20.4 Å². The molecular weight excluding hydrogens is 524 g/mol. The van der Waals surface area contributed by atoms with E-state index in [0.29, 0.717) is 6.42 Å². The third kappa shape index (κ3) is 6.57. The van der Waals surface area contributed by atoms with E-state index >= 15 is 0 Å². The van der Waals surface area contributed by atoms with Crippen LogP contribution in [-0.2, 0) is 30.3 Å². The van der Waals surface area contributed by atoms with Crippen LogP contribution in [0.2, 0.25) is 0 Å². The highest BCUT2D eigenvalue weighted by molar-refractivity contribution is 5.99. The number of amides is 4. The molecule has 1 aliphatic carbocycles. The molecule has 2 heterocycles. The number of nitrogens with one attached hydrogen (secondary N) is 2. The second kappa shape index (κ2) is 11.4. The van der Waals surface area contributed by atoms with Crippen molar-refractivity contribution in [3.05, 3.63) is 35.4 Å². The van der Waals surface area contributed by atoms with Crippen LogP contribution in [0.4, 0.5) is 4.79 Å². The Bertz CT molecular complexity index is 1220. The van der Waals surface area contributed by atoms with Crippen LogP contribution in [0.5, 0.6) is 0 Å². The lowest BCUT2D eigenvalue weighted by atomic mass is 9.81. The van der Waals surface area contributed by atoms with Gasteiger partial charge >= 0.3 is 6.09 Å². The lowest BCUT2D eigenvalue weighted by molar-refractivity contribution is -0.145. The Morgan fingerprint density at radius 3 is 2.44 bits per heavy atom. The fourth-order valence-electron chi connectivity index (χ4n) is 6.43. The quantitative estimate of drug-likeness (QED) is 0.562. The van der Waals surface area contributed by atoms with E-state index in [0.717, 1.165) is 29.7 Å². The van der Waals surface area contributed by atoms with Gasteiger partial charge in [-0.25, -0.2) is 4.79 Å². The minimum atomic E-state index is -1.13. The number of carbonyl (C=O) groups is 5. The van der Waals surface area contributed by atoms with E-state index in [2.05, 4.69) is 16.7 Å². The van der Waals surface area contributed by atoms with E-state index in [4.69, 9.17) is 4.74 Å².